The Morgan fingerprint density at radius 1 is 1.41 bits per heavy atom. The summed E-state index contributed by atoms with van der Waals surface area (Å²) in [4.78, 5) is 21.9. The van der Waals surface area contributed by atoms with Crippen LogP contribution in [0.1, 0.15) is 40.5 Å². The summed E-state index contributed by atoms with van der Waals surface area (Å²) in [5.41, 5.74) is -0.558. The Hall–Kier alpha value is -1.52. The molecule has 0 aromatic heterocycles. The zero-order valence-electron chi connectivity index (χ0n) is 10.8. The fourth-order valence-electron chi connectivity index (χ4n) is 1.18. The fraction of sp³-hybridized carbons (Fsp3) is 0.667. The zero-order chi connectivity index (χ0) is 13.5. The average molecular weight is 243 g/mol. The smallest absolute Gasteiger partial charge is 0.408 e. The van der Waals surface area contributed by atoms with Crippen molar-refractivity contribution in [1.29, 1.82) is 0 Å². The van der Waals surface area contributed by atoms with E-state index in [0.717, 1.165) is 12.5 Å². The molecule has 0 saturated heterocycles. The summed E-state index contributed by atoms with van der Waals surface area (Å²) in [5.74, 6) is -1.03. The van der Waals surface area contributed by atoms with Gasteiger partial charge in [0.25, 0.3) is 0 Å². The molecule has 0 aliphatic rings. The van der Waals surface area contributed by atoms with E-state index >= 15 is 0 Å². The van der Waals surface area contributed by atoms with Crippen LogP contribution in [0.3, 0.4) is 0 Å². The maximum absolute atomic E-state index is 11.5. The second-order valence-corrected chi connectivity index (χ2v) is 4.74. The molecular formula is C12H21NO4. The normalized spacial score (nSPS) is 13.4. The largest absolute Gasteiger partial charge is 0.478 e. The van der Waals surface area contributed by atoms with Crippen LogP contribution < -0.4 is 5.32 Å². The molecule has 0 saturated carbocycles. The summed E-state index contributed by atoms with van der Waals surface area (Å²) in [6.45, 7) is 7.27. The molecule has 0 fully saturated rings. The molecule has 0 bridgehead atoms. The molecule has 1 amide bonds. The highest BCUT2D eigenvalue weighted by molar-refractivity contribution is 5.80. The molecule has 5 heteroatoms. The van der Waals surface area contributed by atoms with Crippen LogP contribution in [0.2, 0.25) is 0 Å². The van der Waals surface area contributed by atoms with Crippen LogP contribution in [0, 0.1) is 0 Å². The molecule has 0 unspecified atom stereocenters. The van der Waals surface area contributed by atoms with Crippen molar-refractivity contribution in [1.82, 2.24) is 5.32 Å². The number of carbonyl (C=O) groups is 2. The predicted molar refractivity (Wildman–Crippen MR) is 64.8 cm³/mol. The minimum atomic E-state index is -1.03. The number of ether oxygens (including phenoxy) is 1. The SMILES string of the molecule is CCC[C@@H](C=CC(=O)O)NC(=O)OC(C)(C)C. The molecule has 5 nitrogen and oxygen atoms in total. The molecule has 0 aromatic rings. The van der Waals surface area contributed by atoms with Crippen LogP contribution in [0.4, 0.5) is 4.79 Å². The van der Waals surface area contributed by atoms with E-state index < -0.39 is 17.7 Å². The van der Waals surface area contributed by atoms with Crippen molar-refractivity contribution in [3.8, 4) is 0 Å². The van der Waals surface area contributed by atoms with E-state index in [4.69, 9.17) is 9.84 Å². The lowest BCUT2D eigenvalue weighted by molar-refractivity contribution is -0.131. The number of aliphatic carboxylic acids is 1. The van der Waals surface area contributed by atoms with Crippen molar-refractivity contribution in [3.05, 3.63) is 12.2 Å². The van der Waals surface area contributed by atoms with E-state index in [1.807, 2.05) is 6.92 Å². The van der Waals surface area contributed by atoms with Crippen LogP contribution in [0.15, 0.2) is 12.2 Å². The van der Waals surface area contributed by atoms with Crippen LogP contribution in [-0.2, 0) is 9.53 Å². The van der Waals surface area contributed by atoms with Crippen LogP contribution >= 0.6 is 0 Å². The monoisotopic (exact) mass is 243 g/mol. The molecule has 0 rings (SSSR count). The number of amides is 1. The third-order valence-corrected chi connectivity index (χ3v) is 1.77. The number of rotatable bonds is 5. The molecular weight excluding hydrogens is 222 g/mol. The Morgan fingerprint density at radius 3 is 2.41 bits per heavy atom. The zero-order valence-corrected chi connectivity index (χ0v) is 10.8. The number of hydrogen-bond donors (Lipinski definition) is 2. The summed E-state index contributed by atoms with van der Waals surface area (Å²) in [6.07, 6.45) is 3.45. The lowest BCUT2D eigenvalue weighted by Crippen LogP contribution is -2.38. The summed E-state index contributed by atoms with van der Waals surface area (Å²) in [6, 6.07) is -0.314. The highest BCUT2D eigenvalue weighted by atomic mass is 16.6. The summed E-state index contributed by atoms with van der Waals surface area (Å²) < 4.78 is 5.09. The van der Waals surface area contributed by atoms with Crippen molar-refractivity contribution in [2.24, 2.45) is 0 Å². The van der Waals surface area contributed by atoms with E-state index in [9.17, 15) is 9.59 Å². The van der Waals surface area contributed by atoms with E-state index in [1.54, 1.807) is 20.8 Å². The highest BCUT2D eigenvalue weighted by Gasteiger charge is 2.18. The van der Waals surface area contributed by atoms with Gasteiger partial charge >= 0.3 is 12.1 Å². The van der Waals surface area contributed by atoms with Gasteiger partial charge in [0, 0.05) is 6.08 Å². The maximum Gasteiger partial charge on any atom is 0.408 e. The minimum absolute atomic E-state index is 0.314. The third-order valence-electron chi connectivity index (χ3n) is 1.77. The van der Waals surface area contributed by atoms with Gasteiger partial charge < -0.3 is 15.2 Å². The number of alkyl carbamates (subject to hydrolysis) is 1. The molecule has 17 heavy (non-hydrogen) atoms. The van der Waals surface area contributed by atoms with Crippen molar-refractivity contribution in [3.63, 3.8) is 0 Å². The van der Waals surface area contributed by atoms with Crippen molar-refractivity contribution in [2.75, 3.05) is 0 Å². The molecule has 1 atom stereocenters. The number of carboxylic acids is 1. The summed E-state index contributed by atoms with van der Waals surface area (Å²) in [7, 11) is 0. The Labute approximate surface area is 102 Å². The number of carbonyl (C=O) groups excluding carboxylic acids is 1. The first-order chi connectivity index (χ1) is 7.74. The quantitative estimate of drug-likeness (QED) is 0.726. The van der Waals surface area contributed by atoms with Gasteiger partial charge in [-0.15, -0.1) is 0 Å². The second kappa shape index (κ2) is 6.93. The lowest BCUT2D eigenvalue weighted by Gasteiger charge is -2.22. The van der Waals surface area contributed by atoms with Crippen LogP contribution in [0.5, 0.6) is 0 Å². The molecule has 0 aromatic carbocycles. The van der Waals surface area contributed by atoms with Gasteiger partial charge in [-0.1, -0.05) is 19.4 Å². The maximum atomic E-state index is 11.5. The number of hydrogen-bond acceptors (Lipinski definition) is 3. The lowest BCUT2D eigenvalue weighted by atomic mass is 10.1. The highest BCUT2D eigenvalue weighted by Crippen LogP contribution is 2.08. The molecule has 2 N–H and O–H groups in total. The van der Waals surface area contributed by atoms with Gasteiger partial charge in [0.05, 0.1) is 6.04 Å². The van der Waals surface area contributed by atoms with Gasteiger partial charge in [0.1, 0.15) is 5.60 Å². The topological polar surface area (TPSA) is 75.6 Å². The Bertz CT molecular complexity index is 291. The van der Waals surface area contributed by atoms with E-state index in [-0.39, 0.29) is 6.04 Å². The van der Waals surface area contributed by atoms with Crippen molar-refractivity contribution < 1.29 is 19.4 Å². The Kier molecular flexibility index (Phi) is 6.31. The van der Waals surface area contributed by atoms with Gasteiger partial charge in [-0.3, -0.25) is 0 Å². The number of carboxylic acid groups (broad SMARTS) is 1. The van der Waals surface area contributed by atoms with Crippen LogP contribution in [-0.4, -0.2) is 28.8 Å². The van der Waals surface area contributed by atoms with Gasteiger partial charge in [-0.2, -0.15) is 0 Å². The van der Waals surface area contributed by atoms with Gasteiger partial charge in [-0.05, 0) is 27.2 Å². The molecule has 0 aliphatic heterocycles. The molecule has 0 heterocycles. The molecule has 98 valence electrons. The Morgan fingerprint density at radius 2 is 2.00 bits per heavy atom. The van der Waals surface area contributed by atoms with Crippen molar-refractivity contribution in [2.45, 2.75) is 52.2 Å². The first-order valence-electron chi connectivity index (χ1n) is 5.65. The third kappa shape index (κ3) is 9.41. The first-order valence-corrected chi connectivity index (χ1v) is 5.65. The molecule has 0 aliphatic carbocycles. The van der Waals surface area contributed by atoms with Gasteiger partial charge in [0.2, 0.25) is 0 Å². The fourth-order valence-corrected chi connectivity index (χ4v) is 1.18. The second-order valence-electron chi connectivity index (χ2n) is 4.74. The first kappa shape index (κ1) is 15.5. The summed E-state index contributed by atoms with van der Waals surface area (Å²) in [5, 5.41) is 11.1. The molecule has 0 spiro atoms. The van der Waals surface area contributed by atoms with E-state index in [0.29, 0.717) is 6.42 Å². The predicted octanol–water partition coefficient (Wildman–Crippen LogP) is 2.32. The van der Waals surface area contributed by atoms with Gasteiger partial charge in [-0.25, -0.2) is 9.59 Å². The van der Waals surface area contributed by atoms with Gasteiger partial charge in [0.15, 0.2) is 0 Å². The van der Waals surface area contributed by atoms with E-state index in [1.165, 1.54) is 6.08 Å². The number of nitrogens with one attached hydrogen (secondary N) is 1. The standard InChI is InChI=1S/C12H21NO4/c1-5-6-9(7-8-10(14)15)13-11(16)17-12(2,3)4/h7-9H,5-6H2,1-4H3,(H,13,16)(H,14,15)/t9-/m0/s1. The minimum Gasteiger partial charge on any atom is -0.478 e. The van der Waals surface area contributed by atoms with E-state index in [2.05, 4.69) is 5.32 Å². The summed E-state index contributed by atoms with van der Waals surface area (Å²) >= 11 is 0. The molecule has 0 radical (unpaired) electrons. The van der Waals surface area contributed by atoms with Crippen LogP contribution in [0.25, 0.3) is 0 Å². The Balaban J connectivity index is 4.34. The average Bonchev–Trinajstić information content (AvgIpc) is 2.11. The van der Waals surface area contributed by atoms with Crippen molar-refractivity contribution >= 4 is 12.1 Å².